The third-order valence-electron chi connectivity index (χ3n) is 2.25. The van der Waals surface area contributed by atoms with Gasteiger partial charge in [-0.1, -0.05) is 23.2 Å². The van der Waals surface area contributed by atoms with E-state index in [1.807, 2.05) is 14.1 Å². The fraction of sp³-hybridized carbons (Fsp3) is 0.500. The minimum Gasteiger partial charge on any atom is -0.491 e. The normalized spacial score (nSPS) is 11.0. The molecule has 0 heterocycles. The van der Waals surface area contributed by atoms with Crippen molar-refractivity contribution in [2.75, 3.05) is 40.3 Å². The molecule has 0 aliphatic heterocycles. The van der Waals surface area contributed by atoms with Crippen LogP contribution in [0.3, 0.4) is 0 Å². The molecule has 0 saturated heterocycles. The summed E-state index contributed by atoms with van der Waals surface area (Å²) in [7, 11) is 4.09. The molecule has 0 amide bonds. The van der Waals surface area contributed by atoms with Crippen LogP contribution in [0.1, 0.15) is 0 Å². The first-order valence-corrected chi connectivity index (χ1v) is 7.18. The van der Waals surface area contributed by atoms with E-state index in [9.17, 15) is 0 Å². The average Bonchev–Trinajstić information content (AvgIpc) is 2.29. The van der Waals surface area contributed by atoms with Crippen molar-refractivity contribution in [2.45, 2.75) is 0 Å². The molecule has 0 aromatic heterocycles. The minimum atomic E-state index is 0.555. The van der Waals surface area contributed by atoms with Gasteiger partial charge in [-0.2, -0.15) is 0 Å². The van der Waals surface area contributed by atoms with Crippen molar-refractivity contribution < 1.29 is 4.74 Å². The zero-order valence-electron chi connectivity index (χ0n) is 10.5. The predicted molar refractivity (Wildman–Crippen MR) is 81.1 cm³/mol. The smallest absolute Gasteiger partial charge is 0.139 e. The number of nitrogens with one attached hydrogen (secondary N) is 1. The first kappa shape index (κ1) is 16.1. The summed E-state index contributed by atoms with van der Waals surface area (Å²) in [6, 6.07) is 3.45. The number of hydrogen-bond donors (Lipinski definition) is 1. The maximum absolute atomic E-state index is 6.04. The summed E-state index contributed by atoms with van der Waals surface area (Å²) >= 11 is 15.3. The van der Waals surface area contributed by atoms with Crippen molar-refractivity contribution in [3.8, 4) is 5.75 Å². The van der Waals surface area contributed by atoms with E-state index in [0.717, 1.165) is 24.1 Å². The second-order valence-corrected chi connectivity index (χ2v) is 5.77. The fourth-order valence-corrected chi connectivity index (χ4v) is 2.12. The van der Waals surface area contributed by atoms with E-state index in [1.54, 1.807) is 12.1 Å². The Labute approximate surface area is 127 Å². The minimum absolute atomic E-state index is 0.555. The molecule has 0 saturated carbocycles. The molecule has 1 rings (SSSR count). The molecule has 1 aromatic rings. The highest BCUT2D eigenvalue weighted by Gasteiger charge is 2.06. The lowest BCUT2D eigenvalue weighted by molar-refractivity contribution is 0.308. The van der Waals surface area contributed by atoms with Gasteiger partial charge in [0.15, 0.2) is 0 Å². The van der Waals surface area contributed by atoms with Crippen molar-refractivity contribution in [3.05, 3.63) is 26.7 Å². The summed E-state index contributed by atoms with van der Waals surface area (Å²) in [6.45, 7) is 3.28. The Morgan fingerprint density at radius 2 is 1.94 bits per heavy atom. The Morgan fingerprint density at radius 3 is 2.61 bits per heavy atom. The van der Waals surface area contributed by atoms with E-state index in [0.29, 0.717) is 22.4 Å². The van der Waals surface area contributed by atoms with Gasteiger partial charge in [-0.3, -0.25) is 0 Å². The highest BCUT2D eigenvalue weighted by atomic mass is 79.9. The average molecular weight is 356 g/mol. The van der Waals surface area contributed by atoms with Crippen LogP contribution in [-0.4, -0.2) is 45.2 Å². The molecule has 0 aliphatic rings. The summed E-state index contributed by atoms with van der Waals surface area (Å²) in [4.78, 5) is 2.12. The van der Waals surface area contributed by atoms with Crippen LogP contribution in [0, 0.1) is 0 Å². The van der Waals surface area contributed by atoms with Gasteiger partial charge in [0.2, 0.25) is 0 Å². The SMILES string of the molecule is CN(C)CCNCCOc1cc(Cl)c(Br)cc1Cl. The van der Waals surface area contributed by atoms with E-state index in [4.69, 9.17) is 27.9 Å². The lowest BCUT2D eigenvalue weighted by Gasteiger charge is -2.12. The van der Waals surface area contributed by atoms with Gasteiger partial charge in [-0.15, -0.1) is 0 Å². The van der Waals surface area contributed by atoms with Gasteiger partial charge < -0.3 is 15.0 Å². The largest absolute Gasteiger partial charge is 0.491 e. The molecule has 6 heteroatoms. The molecule has 0 unspecified atom stereocenters. The zero-order valence-corrected chi connectivity index (χ0v) is 13.6. The van der Waals surface area contributed by atoms with E-state index < -0.39 is 0 Å². The number of ether oxygens (including phenoxy) is 1. The molecule has 0 fully saturated rings. The third-order valence-corrected chi connectivity index (χ3v) is 3.74. The van der Waals surface area contributed by atoms with Crippen molar-refractivity contribution >= 4 is 39.1 Å². The van der Waals surface area contributed by atoms with Gasteiger partial charge >= 0.3 is 0 Å². The molecule has 0 aliphatic carbocycles. The zero-order chi connectivity index (χ0) is 13.5. The van der Waals surface area contributed by atoms with Crippen molar-refractivity contribution in [1.82, 2.24) is 10.2 Å². The second-order valence-electron chi connectivity index (χ2n) is 4.10. The third kappa shape index (κ3) is 5.76. The molecule has 18 heavy (non-hydrogen) atoms. The molecule has 1 aromatic carbocycles. The maximum atomic E-state index is 6.04. The maximum Gasteiger partial charge on any atom is 0.139 e. The number of nitrogens with zero attached hydrogens (tertiary/aromatic N) is 1. The second kappa shape index (κ2) is 8.23. The van der Waals surface area contributed by atoms with Crippen molar-refractivity contribution in [1.29, 1.82) is 0 Å². The molecule has 3 nitrogen and oxygen atoms in total. The number of benzene rings is 1. The number of rotatable bonds is 7. The summed E-state index contributed by atoms with van der Waals surface area (Å²) in [5.41, 5.74) is 0. The van der Waals surface area contributed by atoms with Gasteiger partial charge in [0.25, 0.3) is 0 Å². The first-order chi connectivity index (χ1) is 8.50. The fourth-order valence-electron chi connectivity index (χ4n) is 1.28. The summed E-state index contributed by atoms with van der Waals surface area (Å²) in [5.74, 6) is 0.610. The van der Waals surface area contributed by atoms with Crippen LogP contribution in [0.4, 0.5) is 0 Å². The molecule has 0 spiro atoms. The van der Waals surface area contributed by atoms with Gasteiger partial charge in [-0.05, 0) is 36.1 Å². The monoisotopic (exact) mass is 354 g/mol. The number of halogens is 3. The Balaban J connectivity index is 2.29. The van der Waals surface area contributed by atoms with Crippen LogP contribution in [0.25, 0.3) is 0 Å². The van der Waals surface area contributed by atoms with E-state index in [-0.39, 0.29) is 0 Å². The molecular weight excluding hydrogens is 339 g/mol. The van der Waals surface area contributed by atoms with E-state index >= 15 is 0 Å². The molecule has 0 bridgehead atoms. The molecular formula is C12H17BrCl2N2O. The summed E-state index contributed by atoms with van der Waals surface area (Å²) in [5, 5.41) is 4.43. The van der Waals surface area contributed by atoms with Crippen LogP contribution >= 0.6 is 39.1 Å². The van der Waals surface area contributed by atoms with E-state index in [1.165, 1.54) is 0 Å². The van der Waals surface area contributed by atoms with Crippen molar-refractivity contribution in [2.24, 2.45) is 0 Å². The van der Waals surface area contributed by atoms with E-state index in [2.05, 4.69) is 26.1 Å². The van der Waals surface area contributed by atoms with Gasteiger partial charge in [0.1, 0.15) is 12.4 Å². The Bertz CT molecular complexity index is 389. The standard InChI is InChI=1S/C12H17BrCl2N2O/c1-17(2)5-3-16-4-6-18-12-8-10(14)9(13)7-11(12)15/h7-8,16H,3-6H2,1-2H3. The molecule has 0 radical (unpaired) electrons. The van der Waals surface area contributed by atoms with Gasteiger partial charge in [0.05, 0.1) is 10.0 Å². The highest BCUT2D eigenvalue weighted by molar-refractivity contribution is 9.10. The Morgan fingerprint density at radius 1 is 1.22 bits per heavy atom. The summed E-state index contributed by atoms with van der Waals surface area (Å²) in [6.07, 6.45) is 0. The number of hydrogen-bond acceptors (Lipinski definition) is 3. The quantitative estimate of drug-likeness (QED) is 0.600. The van der Waals surface area contributed by atoms with Gasteiger partial charge in [0, 0.05) is 30.2 Å². The van der Waals surface area contributed by atoms with Gasteiger partial charge in [-0.25, -0.2) is 0 Å². The molecule has 0 atom stereocenters. The van der Waals surface area contributed by atoms with Crippen LogP contribution < -0.4 is 10.1 Å². The van der Waals surface area contributed by atoms with Crippen LogP contribution in [-0.2, 0) is 0 Å². The molecule has 102 valence electrons. The molecule has 1 N–H and O–H groups in total. The highest BCUT2D eigenvalue weighted by Crippen LogP contribution is 2.33. The van der Waals surface area contributed by atoms with Crippen LogP contribution in [0.2, 0.25) is 10.0 Å². The lowest BCUT2D eigenvalue weighted by atomic mass is 10.3. The van der Waals surface area contributed by atoms with Crippen molar-refractivity contribution in [3.63, 3.8) is 0 Å². The lowest BCUT2D eigenvalue weighted by Crippen LogP contribution is -2.29. The Kier molecular flexibility index (Phi) is 7.34. The Hall–Kier alpha value is -0.0000000000000000555. The summed E-state index contributed by atoms with van der Waals surface area (Å²) < 4.78 is 6.34. The predicted octanol–water partition coefficient (Wildman–Crippen LogP) is 3.29. The van der Waals surface area contributed by atoms with Crippen LogP contribution in [0.5, 0.6) is 5.75 Å². The van der Waals surface area contributed by atoms with Crippen LogP contribution in [0.15, 0.2) is 16.6 Å². The number of likely N-dealkylation sites (N-methyl/N-ethyl adjacent to an activating group) is 1. The first-order valence-electron chi connectivity index (χ1n) is 5.63. The topological polar surface area (TPSA) is 24.5 Å².